The lowest BCUT2D eigenvalue weighted by Gasteiger charge is -2.34. The highest BCUT2D eigenvalue weighted by molar-refractivity contribution is 5.97. The van der Waals surface area contributed by atoms with Crippen molar-refractivity contribution in [2.45, 2.75) is 77.9 Å². The quantitative estimate of drug-likeness (QED) is 0.463. The summed E-state index contributed by atoms with van der Waals surface area (Å²) in [5.41, 5.74) is -0.126. The molecule has 3 atom stereocenters. The smallest absolute Gasteiger partial charge is 0.309 e. The Morgan fingerprint density at radius 2 is 1.71 bits per heavy atom. The van der Waals surface area contributed by atoms with E-state index < -0.39 is 47.2 Å². The zero-order chi connectivity index (χ0) is 25.8. The maximum atomic E-state index is 12.5. The molecular formula is C25H36N2O7. The Morgan fingerprint density at radius 3 is 2.26 bits per heavy atom. The Morgan fingerprint density at radius 1 is 1.06 bits per heavy atom. The van der Waals surface area contributed by atoms with Gasteiger partial charge in [0.1, 0.15) is 11.4 Å². The highest BCUT2D eigenvalue weighted by Crippen LogP contribution is 2.32. The number of hydrogen-bond acceptors (Lipinski definition) is 6. The molecule has 0 saturated heterocycles. The summed E-state index contributed by atoms with van der Waals surface area (Å²) in [5, 5.41) is 24.9. The van der Waals surface area contributed by atoms with E-state index in [0.29, 0.717) is 24.0 Å². The van der Waals surface area contributed by atoms with Gasteiger partial charge in [-0.3, -0.25) is 19.2 Å². The normalized spacial score (nSPS) is 20.8. The Hall–Kier alpha value is -3.10. The van der Waals surface area contributed by atoms with Gasteiger partial charge in [-0.25, -0.2) is 0 Å². The van der Waals surface area contributed by atoms with Gasteiger partial charge in [-0.15, -0.1) is 0 Å². The highest BCUT2D eigenvalue weighted by Gasteiger charge is 2.40. The molecule has 2 amide bonds. The predicted molar refractivity (Wildman–Crippen MR) is 125 cm³/mol. The molecule has 9 nitrogen and oxygen atoms in total. The molecule has 1 fully saturated rings. The summed E-state index contributed by atoms with van der Waals surface area (Å²) < 4.78 is 5.38. The van der Waals surface area contributed by atoms with Gasteiger partial charge in [0.15, 0.2) is 0 Å². The van der Waals surface area contributed by atoms with Crippen LogP contribution in [0.1, 0.15) is 76.7 Å². The number of carboxylic acid groups (broad SMARTS) is 1. The van der Waals surface area contributed by atoms with Gasteiger partial charge in [0.05, 0.1) is 18.4 Å². The van der Waals surface area contributed by atoms with Crippen LogP contribution in [0.2, 0.25) is 0 Å². The van der Waals surface area contributed by atoms with Crippen molar-refractivity contribution < 1.29 is 34.1 Å². The van der Waals surface area contributed by atoms with Crippen molar-refractivity contribution in [1.82, 2.24) is 10.6 Å². The number of aromatic hydroxyl groups is 1. The van der Waals surface area contributed by atoms with Gasteiger partial charge in [0, 0.05) is 17.2 Å². The molecule has 188 valence electrons. The van der Waals surface area contributed by atoms with Crippen LogP contribution in [0.3, 0.4) is 0 Å². The molecule has 9 heteroatoms. The van der Waals surface area contributed by atoms with E-state index in [4.69, 9.17) is 4.74 Å². The number of hydrogen-bond donors (Lipinski definition) is 4. The number of nitrogens with one attached hydrogen (secondary N) is 2. The number of carboxylic acids is 1. The van der Waals surface area contributed by atoms with Crippen LogP contribution < -0.4 is 10.6 Å². The summed E-state index contributed by atoms with van der Waals surface area (Å²) in [5.74, 6) is -3.92. The second-order valence-corrected chi connectivity index (χ2v) is 10.8. The first-order chi connectivity index (χ1) is 15.6. The fourth-order valence-corrected chi connectivity index (χ4v) is 4.01. The van der Waals surface area contributed by atoms with Crippen LogP contribution in [0.4, 0.5) is 0 Å². The number of amides is 2. The summed E-state index contributed by atoms with van der Waals surface area (Å²) in [6.07, 6.45) is 0.789. The van der Waals surface area contributed by atoms with Gasteiger partial charge in [-0.1, -0.05) is 20.8 Å². The molecular weight excluding hydrogens is 440 g/mol. The minimum Gasteiger partial charge on any atom is -0.508 e. The maximum Gasteiger partial charge on any atom is 0.309 e. The second-order valence-electron chi connectivity index (χ2n) is 10.8. The minimum atomic E-state index is -1.10. The first-order valence-electron chi connectivity index (χ1n) is 11.4. The van der Waals surface area contributed by atoms with E-state index in [-0.39, 0.29) is 24.1 Å². The number of carbonyl (C=O) groups is 4. The molecule has 2 rings (SSSR count). The Bertz CT molecular complexity index is 944. The third kappa shape index (κ3) is 7.46. The Balaban J connectivity index is 1.96. The average Bonchev–Trinajstić information content (AvgIpc) is 2.70. The van der Waals surface area contributed by atoms with Crippen molar-refractivity contribution >= 4 is 23.8 Å². The molecule has 1 aliphatic rings. The van der Waals surface area contributed by atoms with Crippen molar-refractivity contribution in [1.29, 1.82) is 0 Å². The monoisotopic (exact) mass is 476 g/mol. The first-order valence-corrected chi connectivity index (χ1v) is 11.4. The largest absolute Gasteiger partial charge is 0.508 e. The van der Waals surface area contributed by atoms with Gasteiger partial charge < -0.3 is 25.6 Å². The first kappa shape index (κ1) is 27.1. The molecule has 0 spiro atoms. The number of ether oxygens (including phenoxy) is 1. The van der Waals surface area contributed by atoms with E-state index in [9.17, 15) is 29.4 Å². The third-order valence-electron chi connectivity index (χ3n) is 5.73. The van der Waals surface area contributed by atoms with Gasteiger partial charge in [0.25, 0.3) is 5.91 Å². The maximum absolute atomic E-state index is 12.5. The number of phenols is 1. The van der Waals surface area contributed by atoms with Gasteiger partial charge in [0.2, 0.25) is 5.91 Å². The highest BCUT2D eigenvalue weighted by atomic mass is 16.6. The van der Waals surface area contributed by atoms with Gasteiger partial charge >= 0.3 is 11.9 Å². The molecule has 1 aromatic rings. The van der Waals surface area contributed by atoms with Gasteiger partial charge in [-0.05, 0) is 63.6 Å². The lowest BCUT2D eigenvalue weighted by atomic mass is 9.78. The molecule has 1 aliphatic carbocycles. The van der Waals surface area contributed by atoms with Crippen LogP contribution in [0.15, 0.2) is 18.2 Å². The van der Waals surface area contributed by atoms with Crippen molar-refractivity contribution in [3.63, 3.8) is 0 Å². The van der Waals surface area contributed by atoms with Crippen LogP contribution in [-0.2, 0) is 24.5 Å². The lowest BCUT2D eigenvalue weighted by molar-refractivity contribution is -0.163. The SMILES string of the molecule is CC(C)(C)OC(=O)[C@@H]1CC[C@H](NC(=O)CNC(=O)c2ccc(O)c(C(C)(C)C)c2)[C@H](C(=O)O)C1. The van der Waals surface area contributed by atoms with Crippen molar-refractivity contribution in [3.8, 4) is 5.75 Å². The van der Waals surface area contributed by atoms with Crippen LogP contribution in [0, 0.1) is 11.8 Å². The number of aliphatic carboxylic acids is 1. The van der Waals surface area contributed by atoms with E-state index in [1.165, 1.54) is 12.1 Å². The van der Waals surface area contributed by atoms with E-state index in [1.54, 1.807) is 26.8 Å². The van der Waals surface area contributed by atoms with E-state index >= 15 is 0 Å². The molecule has 0 aromatic heterocycles. The molecule has 1 saturated carbocycles. The number of phenolic OH excluding ortho intramolecular Hbond substituents is 1. The molecule has 0 heterocycles. The summed E-state index contributed by atoms with van der Waals surface area (Å²) in [4.78, 5) is 49.1. The molecule has 1 aromatic carbocycles. The second kappa shape index (κ2) is 10.4. The van der Waals surface area contributed by atoms with Crippen LogP contribution in [-0.4, -0.2) is 52.2 Å². The Labute approximate surface area is 200 Å². The fourth-order valence-electron chi connectivity index (χ4n) is 4.01. The summed E-state index contributed by atoms with van der Waals surface area (Å²) in [7, 11) is 0. The van der Waals surface area contributed by atoms with Crippen LogP contribution in [0.5, 0.6) is 5.75 Å². The standard InChI is InChI=1S/C25H36N2O7/c1-24(2,3)17-12-14(8-10-19(17)28)21(30)26-13-20(29)27-18-9-7-15(11-16(18)22(31)32)23(33)34-25(4,5)6/h8,10,12,15-16,18,28H,7,9,11,13H2,1-6H3,(H,26,30)(H,27,29)(H,31,32)/t15-,16-,18+/m1/s1. The van der Waals surface area contributed by atoms with Crippen molar-refractivity contribution in [3.05, 3.63) is 29.3 Å². The summed E-state index contributed by atoms with van der Waals surface area (Å²) in [6, 6.07) is 3.84. The number of carbonyl (C=O) groups excluding carboxylic acids is 3. The van der Waals surface area contributed by atoms with Crippen LogP contribution in [0.25, 0.3) is 0 Å². The average molecular weight is 477 g/mol. The van der Waals surface area contributed by atoms with E-state index in [0.717, 1.165) is 0 Å². The lowest BCUT2D eigenvalue weighted by Crippen LogP contribution is -2.50. The number of esters is 1. The number of benzene rings is 1. The topological polar surface area (TPSA) is 142 Å². The molecule has 0 bridgehead atoms. The zero-order valence-corrected chi connectivity index (χ0v) is 20.7. The van der Waals surface area contributed by atoms with Crippen molar-refractivity contribution in [2.75, 3.05) is 6.54 Å². The van der Waals surface area contributed by atoms with Crippen molar-refractivity contribution in [2.24, 2.45) is 11.8 Å². The molecule has 4 N–H and O–H groups in total. The third-order valence-corrected chi connectivity index (χ3v) is 5.73. The fraction of sp³-hybridized carbons (Fsp3) is 0.600. The van der Waals surface area contributed by atoms with E-state index in [1.807, 2.05) is 20.8 Å². The molecule has 34 heavy (non-hydrogen) atoms. The van der Waals surface area contributed by atoms with E-state index in [2.05, 4.69) is 10.6 Å². The molecule has 0 unspecified atom stereocenters. The zero-order valence-electron chi connectivity index (χ0n) is 20.7. The summed E-state index contributed by atoms with van der Waals surface area (Å²) >= 11 is 0. The van der Waals surface area contributed by atoms with Gasteiger partial charge in [-0.2, -0.15) is 0 Å². The minimum absolute atomic E-state index is 0.0740. The predicted octanol–water partition coefficient (Wildman–Crippen LogP) is 2.75. The number of rotatable bonds is 6. The molecule has 0 radical (unpaired) electrons. The molecule has 0 aliphatic heterocycles. The Kier molecular flexibility index (Phi) is 8.34. The van der Waals surface area contributed by atoms with Crippen LogP contribution >= 0.6 is 0 Å². The summed E-state index contributed by atoms with van der Waals surface area (Å²) in [6.45, 7) is 10.7.